The van der Waals surface area contributed by atoms with Crippen molar-refractivity contribution in [2.45, 2.75) is 13.5 Å². The van der Waals surface area contributed by atoms with Gasteiger partial charge in [0.05, 0.1) is 19.3 Å². The van der Waals surface area contributed by atoms with Gasteiger partial charge in [-0.2, -0.15) is 0 Å². The van der Waals surface area contributed by atoms with Crippen LogP contribution >= 0.6 is 0 Å². The summed E-state index contributed by atoms with van der Waals surface area (Å²) in [5.41, 5.74) is 4.40. The zero-order valence-corrected chi connectivity index (χ0v) is 17.3. The van der Waals surface area contributed by atoms with Crippen LogP contribution in [0.1, 0.15) is 11.3 Å². The van der Waals surface area contributed by atoms with Crippen LogP contribution in [0.3, 0.4) is 0 Å². The third kappa shape index (κ3) is 4.29. The Morgan fingerprint density at radius 3 is 2.76 bits per heavy atom. The van der Waals surface area contributed by atoms with Gasteiger partial charge in [0, 0.05) is 57.4 Å². The van der Waals surface area contributed by atoms with Crippen molar-refractivity contribution in [3.8, 4) is 5.75 Å². The van der Waals surface area contributed by atoms with Crippen LogP contribution in [0.5, 0.6) is 5.75 Å². The van der Waals surface area contributed by atoms with Crippen molar-refractivity contribution in [1.82, 2.24) is 19.6 Å². The number of pyridine rings is 1. The molecule has 0 saturated carbocycles. The van der Waals surface area contributed by atoms with Crippen LogP contribution in [0, 0.1) is 6.92 Å². The number of fused-ring (bicyclic) bond motifs is 1. The Morgan fingerprint density at radius 2 is 2.00 bits per heavy atom. The third-order valence-corrected chi connectivity index (χ3v) is 5.30. The highest BCUT2D eigenvalue weighted by Gasteiger charge is 2.20. The molecule has 152 valence electrons. The minimum absolute atomic E-state index is 0.656. The van der Waals surface area contributed by atoms with E-state index in [0.717, 1.165) is 49.2 Å². The van der Waals surface area contributed by atoms with E-state index in [2.05, 4.69) is 61.9 Å². The van der Waals surface area contributed by atoms with Gasteiger partial charge < -0.3 is 24.3 Å². The first-order valence-corrected chi connectivity index (χ1v) is 9.95. The van der Waals surface area contributed by atoms with Crippen molar-refractivity contribution in [2.75, 3.05) is 45.2 Å². The van der Waals surface area contributed by atoms with Crippen molar-refractivity contribution >= 4 is 17.3 Å². The van der Waals surface area contributed by atoms with Crippen LogP contribution in [0.4, 0.5) is 5.69 Å². The van der Waals surface area contributed by atoms with E-state index in [-0.39, 0.29) is 0 Å². The van der Waals surface area contributed by atoms with Gasteiger partial charge in [0.25, 0.3) is 0 Å². The summed E-state index contributed by atoms with van der Waals surface area (Å²) in [5, 5.41) is 3.47. The second kappa shape index (κ2) is 8.43. The molecule has 0 atom stereocenters. The van der Waals surface area contributed by atoms with E-state index >= 15 is 0 Å². The van der Waals surface area contributed by atoms with Gasteiger partial charge in [-0.3, -0.25) is 4.99 Å². The topological polar surface area (TPSA) is 57.4 Å². The average molecular weight is 393 g/mol. The Kier molecular flexibility index (Phi) is 5.55. The second-order valence-corrected chi connectivity index (χ2v) is 7.28. The number of aryl methyl sites for hydroxylation is 1. The van der Waals surface area contributed by atoms with E-state index in [9.17, 15) is 0 Å². The van der Waals surface area contributed by atoms with Crippen LogP contribution in [0.2, 0.25) is 0 Å². The van der Waals surface area contributed by atoms with Gasteiger partial charge in [-0.05, 0) is 36.8 Å². The molecule has 1 aromatic carbocycles. The molecule has 7 nitrogen and oxygen atoms in total. The molecule has 0 radical (unpaired) electrons. The maximum Gasteiger partial charge on any atom is 0.194 e. The van der Waals surface area contributed by atoms with Gasteiger partial charge in [0.15, 0.2) is 5.96 Å². The zero-order chi connectivity index (χ0) is 20.2. The molecule has 3 heterocycles. The molecule has 0 amide bonds. The van der Waals surface area contributed by atoms with Crippen LogP contribution in [0.25, 0.3) is 5.65 Å². The summed E-state index contributed by atoms with van der Waals surface area (Å²) in [6.07, 6.45) is 4.11. The second-order valence-electron chi connectivity index (χ2n) is 7.28. The molecule has 4 rings (SSSR count). The zero-order valence-electron chi connectivity index (χ0n) is 17.3. The number of hydrogen-bond acceptors (Lipinski definition) is 4. The Morgan fingerprint density at radius 1 is 1.17 bits per heavy atom. The Labute approximate surface area is 171 Å². The first-order valence-electron chi connectivity index (χ1n) is 9.95. The lowest BCUT2D eigenvalue weighted by Gasteiger charge is -2.37. The van der Waals surface area contributed by atoms with E-state index in [1.807, 2.05) is 25.4 Å². The van der Waals surface area contributed by atoms with Crippen LogP contribution < -0.4 is 15.0 Å². The van der Waals surface area contributed by atoms with Gasteiger partial charge in [0.1, 0.15) is 11.4 Å². The number of nitrogens with zero attached hydrogens (tertiary/aromatic N) is 5. The number of benzene rings is 1. The highest BCUT2D eigenvalue weighted by atomic mass is 16.5. The lowest BCUT2D eigenvalue weighted by molar-refractivity contribution is 0.371. The fourth-order valence-corrected chi connectivity index (χ4v) is 3.71. The van der Waals surface area contributed by atoms with E-state index in [4.69, 9.17) is 9.72 Å². The standard InChI is InChI=1S/C22H28N6O/c1-17-7-8-28-16-18(25-21(28)13-17)15-24-22(23-2)27-11-9-26(10-12-27)19-5-4-6-20(14-19)29-3/h4-8,13-14,16H,9-12,15H2,1-3H3,(H,23,24). The normalized spacial score (nSPS) is 15.1. The molecule has 0 spiro atoms. The molecule has 0 aliphatic carbocycles. The van der Waals surface area contributed by atoms with Crippen LogP contribution in [0.15, 0.2) is 53.8 Å². The minimum atomic E-state index is 0.656. The molecule has 2 aromatic heterocycles. The molecule has 1 fully saturated rings. The summed E-state index contributed by atoms with van der Waals surface area (Å²) >= 11 is 0. The van der Waals surface area contributed by atoms with Gasteiger partial charge in [-0.25, -0.2) is 4.98 Å². The Hall–Kier alpha value is -3.22. The first kappa shape index (κ1) is 19.1. The number of imidazole rings is 1. The van der Waals surface area contributed by atoms with Crippen molar-refractivity contribution in [3.05, 3.63) is 60.0 Å². The Balaban J connectivity index is 1.35. The molecule has 1 aliphatic heterocycles. The van der Waals surface area contributed by atoms with Crippen molar-refractivity contribution in [2.24, 2.45) is 4.99 Å². The quantitative estimate of drug-likeness (QED) is 0.546. The number of hydrogen-bond donors (Lipinski definition) is 1. The van der Waals surface area contributed by atoms with Gasteiger partial charge in [-0.15, -0.1) is 0 Å². The maximum absolute atomic E-state index is 5.35. The molecule has 1 aliphatic rings. The molecule has 7 heteroatoms. The number of aromatic nitrogens is 2. The summed E-state index contributed by atoms with van der Waals surface area (Å²) < 4.78 is 7.41. The highest BCUT2D eigenvalue weighted by Crippen LogP contribution is 2.22. The Bertz CT molecular complexity index is 1000. The molecule has 0 unspecified atom stereocenters. The van der Waals surface area contributed by atoms with E-state index in [0.29, 0.717) is 6.54 Å². The van der Waals surface area contributed by atoms with Crippen LogP contribution in [-0.2, 0) is 6.54 Å². The molecule has 29 heavy (non-hydrogen) atoms. The van der Waals surface area contributed by atoms with Gasteiger partial charge in [-0.1, -0.05) is 6.07 Å². The number of methoxy groups -OCH3 is 1. The highest BCUT2D eigenvalue weighted by molar-refractivity contribution is 5.80. The molecular formula is C22H28N6O. The van der Waals surface area contributed by atoms with E-state index in [1.54, 1.807) is 7.11 Å². The number of piperazine rings is 1. The fraction of sp³-hybridized carbons (Fsp3) is 0.364. The number of nitrogens with one attached hydrogen (secondary N) is 1. The van der Waals surface area contributed by atoms with Gasteiger partial charge in [0.2, 0.25) is 0 Å². The number of guanidine groups is 1. The summed E-state index contributed by atoms with van der Waals surface area (Å²) in [6.45, 7) is 6.47. The monoisotopic (exact) mass is 392 g/mol. The number of ether oxygens (including phenoxy) is 1. The van der Waals surface area contributed by atoms with Crippen molar-refractivity contribution in [1.29, 1.82) is 0 Å². The molecule has 1 N–H and O–H groups in total. The summed E-state index contributed by atoms with van der Waals surface area (Å²) in [6, 6.07) is 12.4. The molecule has 1 saturated heterocycles. The lowest BCUT2D eigenvalue weighted by Crippen LogP contribution is -2.52. The molecular weight excluding hydrogens is 364 g/mol. The number of rotatable bonds is 4. The number of anilines is 1. The summed E-state index contributed by atoms with van der Waals surface area (Å²) in [4.78, 5) is 13.9. The number of aliphatic imine (C=N–C) groups is 1. The van der Waals surface area contributed by atoms with Crippen molar-refractivity contribution < 1.29 is 4.74 Å². The smallest absolute Gasteiger partial charge is 0.194 e. The fourth-order valence-electron chi connectivity index (χ4n) is 3.71. The summed E-state index contributed by atoms with van der Waals surface area (Å²) in [7, 11) is 3.54. The maximum atomic E-state index is 5.35. The lowest BCUT2D eigenvalue weighted by atomic mass is 10.2. The largest absolute Gasteiger partial charge is 0.497 e. The third-order valence-electron chi connectivity index (χ3n) is 5.30. The average Bonchev–Trinajstić information content (AvgIpc) is 3.16. The van der Waals surface area contributed by atoms with E-state index < -0.39 is 0 Å². The molecule has 0 bridgehead atoms. The predicted molar refractivity (Wildman–Crippen MR) is 117 cm³/mol. The SMILES string of the molecule is CN=C(NCc1cn2ccc(C)cc2n1)N1CCN(c2cccc(OC)c2)CC1. The van der Waals surface area contributed by atoms with Crippen molar-refractivity contribution in [3.63, 3.8) is 0 Å². The minimum Gasteiger partial charge on any atom is -0.497 e. The predicted octanol–water partition coefficient (Wildman–Crippen LogP) is 2.55. The first-order chi connectivity index (χ1) is 14.2. The van der Waals surface area contributed by atoms with E-state index in [1.165, 1.54) is 11.3 Å². The summed E-state index contributed by atoms with van der Waals surface area (Å²) in [5.74, 6) is 1.81. The van der Waals surface area contributed by atoms with Gasteiger partial charge >= 0.3 is 0 Å². The molecule has 3 aromatic rings. The van der Waals surface area contributed by atoms with Crippen LogP contribution in [-0.4, -0.2) is 60.6 Å².